The van der Waals surface area contributed by atoms with Crippen LogP contribution in [0.1, 0.15) is 5.56 Å². The molecule has 0 spiro atoms. The van der Waals surface area contributed by atoms with Gasteiger partial charge < -0.3 is 9.90 Å². The average molecular weight is 145 g/mol. The Labute approximate surface area is 77.6 Å². The van der Waals surface area contributed by atoms with Gasteiger partial charge in [-0.25, -0.2) is 0 Å². The summed E-state index contributed by atoms with van der Waals surface area (Å²) in [7, 11) is 0. The summed E-state index contributed by atoms with van der Waals surface area (Å²) in [6.45, 7) is 1.52. The van der Waals surface area contributed by atoms with Crippen LogP contribution in [0.2, 0.25) is 0 Å². The standard InChI is InChI=1S/C6H7N.CH2O2.Li/c1-6-3-2-4-7-5-6;2-1-3;/h2-5H,1H3;1H,(H,2,3);/q;;+1/p-1. The molecule has 0 aliphatic rings. The Bertz CT molecular complexity index is 179. The number of carbonyl (C=O) groups is 1. The smallest absolute Gasteiger partial charge is 0.554 e. The molecule has 1 heterocycles. The van der Waals surface area contributed by atoms with Crippen LogP contribution in [0.5, 0.6) is 0 Å². The van der Waals surface area contributed by atoms with Gasteiger partial charge in [-0.2, -0.15) is 0 Å². The molecule has 11 heavy (non-hydrogen) atoms. The van der Waals surface area contributed by atoms with Crippen LogP contribution in [0.25, 0.3) is 0 Å². The number of nitrogens with zero attached hydrogens (tertiary/aromatic N) is 1. The van der Waals surface area contributed by atoms with Crippen LogP contribution in [-0.2, 0) is 4.79 Å². The van der Waals surface area contributed by atoms with Gasteiger partial charge in [0, 0.05) is 18.9 Å². The van der Waals surface area contributed by atoms with Gasteiger partial charge in [0.25, 0.3) is 0 Å². The molecule has 0 saturated carbocycles. The number of rotatable bonds is 0. The Morgan fingerprint density at radius 1 is 1.64 bits per heavy atom. The van der Waals surface area contributed by atoms with Crippen LogP contribution < -0.4 is 24.0 Å². The molecule has 0 saturated heterocycles. The van der Waals surface area contributed by atoms with Gasteiger partial charge in [-0.3, -0.25) is 4.98 Å². The fourth-order valence-electron chi connectivity index (χ4n) is 0.448. The quantitative estimate of drug-likeness (QED) is 0.285. The van der Waals surface area contributed by atoms with Crippen molar-refractivity contribution in [2.45, 2.75) is 6.92 Å². The van der Waals surface area contributed by atoms with Crippen molar-refractivity contribution in [2.75, 3.05) is 0 Å². The van der Waals surface area contributed by atoms with E-state index in [4.69, 9.17) is 9.90 Å². The van der Waals surface area contributed by atoms with E-state index in [0.29, 0.717) is 0 Å². The molecule has 0 bridgehead atoms. The average Bonchev–Trinajstić information content (AvgIpc) is 1.91. The molecule has 0 N–H and O–H groups in total. The molecule has 1 aromatic rings. The predicted octanol–water partition coefficient (Wildman–Crippen LogP) is -3.24. The summed E-state index contributed by atoms with van der Waals surface area (Å²) in [6.07, 6.45) is 3.60. The molecule has 1 rings (SSSR count). The van der Waals surface area contributed by atoms with E-state index in [9.17, 15) is 0 Å². The number of aryl methyl sites for hydroxylation is 1. The van der Waals surface area contributed by atoms with Gasteiger partial charge in [0.15, 0.2) is 0 Å². The number of carboxylic acid groups (broad SMARTS) is 1. The maximum atomic E-state index is 8.25. The summed E-state index contributed by atoms with van der Waals surface area (Å²) in [5.74, 6) is 0. The van der Waals surface area contributed by atoms with Gasteiger partial charge in [0.2, 0.25) is 0 Å². The van der Waals surface area contributed by atoms with Crippen molar-refractivity contribution in [1.29, 1.82) is 0 Å². The van der Waals surface area contributed by atoms with Crippen molar-refractivity contribution in [1.82, 2.24) is 4.98 Å². The Kier molecular flexibility index (Phi) is 10.8. The summed E-state index contributed by atoms with van der Waals surface area (Å²) in [5.41, 5.74) is 1.21. The minimum absolute atomic E-state index is 0. The number of aromatic nitrogens is 1. The fourth-order valence-corrected chi connectivity index (χ4v) is 0.448. The van der Waals surface area contributed by atoms with Crippen molar-refractivity contribution in [3.63, 3.8) is 0 Å². The van der Waals surface area contributed by atoms with Gasteiger partial charge >= 0.3 is 18.9 Å². The zero-order valence-electron chi connectivity index (χ0n) is 6.65. The molecule has 0 amide bonds. The van der Waals surface area contributed by atoms with E-state index in [-0.39, 0.29) is 18.9 Å². The van der Waals surface area contributed by atoms with E-state index < -0.39 is 6.47 Å². The molecule has 0 unspecified atom stereocenters. The fraction of sp³-hybridized carbons (Fsp3) is 0.143. The van der Waals surface area contributed by atoms with E-state index in [1.807, 2.05) is 25.3 Å². The van der Waals surface area contributed by atoms with E-state index in [0.717, 1.165) is 0 Å². The second-order valence-corrected chi connectivity index (χ2v) is 1.63. The summed E-state index contributed by atoms with van der Waals surface area (Å²) < 4.78 is 0. The normalized spacial score (nSPS) is 6.64. The first kappa shape index (κ1) is 12.9. The minimum atomic E-state index is -0.500. The SMILES string of the molecule is Cc1cccnc1.O=C[O-].[Li+]. The van der Waals surface area contributed by atoms with Crippen molar-refractivity contribution in [3.8, 4) is 0 Å². The van der Waals surface area contributed by atoms with E-state index in [1.54, 1.807) is 6.20 Å². The molecule has 4 heteroatoms. The summed E-state index contributed by atoms with van der Waals surface area (Å²) in [4.78, 5) is 12.1. The molecule has 0 aromatic carbocycles. The molecule has 0 fully saturated rings. The molecular formula is C7H8LiNO2. The zero-order valence-corrected chi connectivity index (χ0v) is 6.65. The monoisotopic (exact) mass is 145 g/mol. The third kappa shape index (κ3) is 9.22. The second kappa shape index (κ2) is 9.22. The van der Waals surface area contributed by atoms with Crippen molar-refractivity contribution >= 4 is 6.47 Å². The summed E-state index contributed by atoms with van der Waals surface area (Å²) in [6, 6.07) is 3.95. The third-order valence-electron chi connectivity index (χ3n) is 0.809. The van der Waals surface area contributed by atoms with Crippen LogP contribution in [0.3, 0.4) is 0 Å². The molecule has 0 atom stereocenters. The van der Waals surface area contributed by atoms with Gasteiger partial charge in [-0.1, -0.05) is 6.07 Å². The zero-order chi connectivity index (χ0) is 7.82. The maximum Gasteiger partial charge on any atom is 1.00 e. The van der Waals surface area contributed by atoms with Gasteiger partial charge in [0.1, 0.15) is 0 Å². The molecule has 3 nitrogen and oxygen atoms in total. The van der Waals surface area contributed by atoms with E-state index in [1.165, 1.54) is 5.56 Å². The number of pyridine rings is 1. The Balaban J connectivity index is 0. The van der Waals surface area contributed by atoms with Crippen molar-refractivity contribution in [2.24, 2.45) is 0 Å². The van der Waals surface area contributed by atoms with Crippen LogP contribution in [0, 0.1) is 6.92 Å². The number of hydrogen-bond acceptors (Lipinski definition) is 3. The van der Waals surface area contributed by atoms with Crippen LogP contribution in [0.15, 0.2) is 24.5 Å². The Hall–Kier alpha value is -0.783. The van der Waals surface area contributed by atoms with E-state index >= 15 is 0 Å². The molecule has 0 radical (unpaired) electrons. The third-order valence-corrected chi connectivity index (χ3v) is 0.809. The van der Waals surface area contributed by atoms with Crippen LogP contribution in [0.4, 0.5) is 0 Å². The van der Waals surface area contributed by atoms with Crippen LogP contribution in [-0.4, -0.2) is 11.5 Å². The van der Waals surface area contributed by atoms with Crippen molar-refractivity contribution in [3.05, 3.63) is 30.1 Å². The topological polar surface area (TPSA) is 53.0 Å². The first-order chi connectivity index (χ1) is 4.81. The molecule has 54 valence electrons. The van der Waals surface area contributed by atoms with Gasteiger partial charge in [-0.15, -0.1) is 0 Å². The largest absolute Gasteiger partial charge is 1.00 e. The van der Waals surface area contributed by atoms with Gasteiger partial charge in [0.05, 0.1) is 0 Å². The Morgan fingerprint density at radius 3 is 2.36 bits per heavy atom. The summed E-state index contributed by atoms with van der Waals surface area (Å²) in [5, 5.41) is 8.25. The molecule has 0 aliphatic heterocycles. The molecule has 0 aliphatic carbocycles. The maximum absolute atomic E-state index is 8.25. The predicted molar refractivity (Wildman–Crippen MR) is 35.0 cm³/mol. The summed E-state index contributed by atoms with van der Waals surface area (Å²) >= 11 is 0. The Morgan fingerprint density at radius 2 is 2.18 bits per heavy atom. The number of carbonyl (C=O) groups excluding carboxylic acids is 1. The first-order valence-corrected chi connectivity index (χ1v) is 2.73. The van der Waals surface area contributed by atoms with Gasteiger partial charge in [-0.05, 0) is 18.6 Å². The van der Waals surface area contributed by atoms with Crippen molar-refractivity contribution < 1.29 is 28.8 Å². The molecular weight excluding hydrogens is 137 g/mol. The first-order valence-electron chi connectivity index (χ1n) is 2.73. The number of hydrogen-bond donors (Lipinski definition) is 0. The second-order valence-electron chi connectivity index (χ2n) is 1.63. The molecule has 1 aromatic heterocycles. The van der Waals surface area contributed by atoms with Crippen LogP contribution >= 0.6 is 0 Å². The minimum Gasteiger partial charge on any atom is -0.554 e. The van der Waals surface area contributed by atoms with E-state index in [2.05, 4.69) is 4.98 Å².